The molecule has 0 saturated carbocycles. The van der Waals surface area contributed by atoms with Crippen LogP contribution in [0.25, 0.3) is 11.4 Å². The van der Waals surface area contributed by atoms with Gasteiger partial charge in [0.15, 0.2) is 5.76 Å². The van der Waals surface area contributed by atoms with Crippen molar-refractivity contribution >= 4 is 23.1 Å². The average Bonchev–Trinajstić information content (AvgIpc) is 3.52. The zero-order chi connectivity index (χ0) is 23.8. The summed E-state index contributed by atoms with van der Waals surface area (Å²) in [6, 6.07) is 12.5. The molecule has 0 spiro atoms. The predicted molar refractivity (Wildman–Crippen MR) is 127 cm³/mol. The Labute approximate surface area is 196 Å². The summed E-state index contributed by atoms with van der Waals surface area (Å²) in [5.41, 5.74) is 3.59. The molecular weight excluding hydrogens is 430 g/mol. The van der Waals surface area contributed by atoms with Gasteiger partial charge in [-0.3, -0.25) is 14.0 Å². The molecule has 8 heteroatoms. The molecule has 1 aliphatic heterocycles. The van der Waals surface area contributed by atoms with E-state index in [-0.39, 0.29) is 11.3 Å². The second-order valence-corrected chi connectivity index (χ2v) is 8.53. The molecule has 0 radical (unpaired) electrons. The monoisotopic (exact) mass is 455 g/mol. The maximum absolute atomic E-state index is 13.3. The Kier molecular flexibility index (Phi) is 5.49. The summed E-state index contributed by atoms with van der Waals surface area (Å²) in [4.78, 5) is 36.6. The fourth-order valence-corrected chi connectivity index (χ4v) is 4.57. The van der Waals surface area contributed by atoms with Gasteiger partial charge in [-0.05, 0) is 38.0 Å². The minimum absolute atomic E-state index is 0.0882. The first-order valence-corrected chi connectivity index (χ1v) is 11.2. The topological polar surface area (TPSA) is 92.7 Å². The molecule has 4 aromatic rings. The first kappa shape index (κ1) is 21.6. The highest BCUT2D eigenvalue weighted by atomic mass is 16.3. The Morgan fingerprint density at radius 1 is 1.03 bits per heavy atom. The summed E-state index contributed by atoms with van der Waals surface area (Å²) in [5, 5.41) is 11.5. The van der Waals surface area contributed by atoms with Gasteiger partial charge in [0.2, 0.25) is 0 Å². The van der Waals surface area contributed by atoms with Gasteiger partial charge in [-0.25, -0.2) is 9.97 Å². The molecule has 172 valence electrons. The number of fused-ring (bicyclic) bond motifs is 1. The van der Waals surface area contributed by atoms with E-state index >= 15 is 0 Å². The molecule has 3 aromatic heterocycles. The van der Waals surface area contributed by atoms with Crippen molar-refractivity contribution in [1.29, 1.82) is 0 Å². The first-order valence-electron chi connectivity index (χ1n) is 11.2. The van der Waals surface area contributed by atoms with Gasteiger partial charge in [-0.2, -0.15) is 0 Å². The van der Waals surface area contributed by atoms with Crippen molar-refractivity contribution in [3.63, 3.8) is 0 Å². The van der Waals surface area contributed by atoms with Crippen molar-refractivity contribution in [3.8, 4) is 0 Å². The van der Waals surface area contributed by atoms with Crippen LogP contribution in [0.2, 0.25) is 0 Å². The zero-order valence-corrected chi connectivity index (χ0v) is 19.0. The van der Waals surface area contributed by atoms with Crippen molar-refractivity contribution in [2.75, 3.05) is 6.54 Å². The molecule has 5 rings (SSSR count). The van der Waals surface area contributed by atoms with E-state index in [9.17, 15) is 14.7 Å². The maximum atomic E-state index is 13.3. The van der Waals surface area contributed by atoms with Gasteiger partial charge in [-0.15, -0.1) is 0 Å². The van der Waals surface area contributed by atoms with Crippen molar-refractivity contribution in [2.24, 2.45) is 0 Å². The number of nitrogens with zero attached hydrogens (tertiary/aromatic N) is 5. The summed E-state index contributed by atoms with van der Waals surface area (Å²) in [6.07, 6.45) is 7.71. The van der Waals surface area contributed by atoms with Crippen LogP contribution in [0, 0.1) is 13.8 Å². The lowest BCUT2D eigenvalue weighted by Crippen LogP contribution is -2.31. The van der Waals surface area contributed by atoms with Gasteiger partial charge in [0.05, 0.1) is 23.6 Å². The van der Waals surface area contributed by atoms with E-state index < -0.39 is 17.7 Å². The molecule has 0 aliphatic carbocycles. The number of aryl methyl sites for hydroxylation is 3. The largest absolute Gasteiger partial charge is 0.505 e. The van der Waals surface area contributed by atoms with Crippen LogP contribution in [0.4, 0.5) is 0 Å². The molecule has 4 heterocycles. The molecular formula is C26H25N5O3. The highest BCUT2D eigenvalue weighted by Gasteiger charge is 2.46. The van der Waals surface area contributed by atoms with E-state index in [0.717, 1.165) is 11.1 Å². The SMILES string of the molecule is Cc1ccc([C@H]2/C(=C(\O)c3c(C)nc4ccccn34)C(=O)C(=O)N2CCCn2ccnc2)cc1. The smallest absolute Gasteiger partial charge is 0.295 e. The van der Waals surface area contributed by atoms with E-state index in [1.807, 2.05) is 60.2 Å². The number of carbonyl (C=O) groups is 2. The molecule has 34 heavy (non-hydrogen) atoms. The number of carbonyl (C=O) groups excluding carboxylic acids is 2. The summed E-state index contributed by atoms with van der Waals surface area (Å²) in [5.74, 6) is -1.50. The van der Waals surface area contributed by atoms with E-state index in [1.165, 1.54) is 0 Å². The van der Waals surface area contributed by atoms with Crippen molar-refractivity contribution in [2.45, 2.75) is 32.9 Å². The van der Waals surface area contributed by atoms with Crippen LogP contribution in [0.5, 0.6) is 0 Å². The Balaban J connectivity index is 1.60. The van der Waals surface area contributed by atoms with Gasteiger partial charge >= 0.3 is 0 Å². The van der Waals surface area contributed by atoms with Crippen LogP contribution < -0.4 is 0 Å². The lowest BCUT2D eigenvalue weighted by Gasteiger charge is -2.25. The Hall–Kier alpha value is -4.20. The second kappa shape index (κ2) is 8.62. The predicted octanol–water partition coefficient (Wildman–Crippen LogP) is 3.66. The van der Waals surface area contributed by atoms with Crippen LogP contribution >= 0.6 is 0 Å². The first-order chi connectivity index (χ1) is 16.5. The highest BCUT2D eigenvalue weighted by molar-refractivity contribution is 6.46. The third-order valence-corrected chi connectivity index (χ3v) is 6.24. The number of aliphatic hydroxyl groups is 1. The number of rotatable bonds is 6. The molecule has 1 fully saturated rings. The number of benzene rings is 1. The van der Waals surface area contributed by atoms with Crippen molar-refractivity contribution < 1.29 is 14.7 Å². The Morgan fingerprint density at radius 3 is 2.56 bits per heavy atom. The molecule has 1 atom stereocenters. The number of hydrogen-bond donors (Lipinski definition) is 1. The fourth-order valence-electron chi connectivity index (χ4n) is 4.57. The Bertz CT molecular complexity index is 1400. The number of imidazole rings is 2. The van der Waals surface area contributed by atoms with Gasteiger partial charge in [-0.1, -0.05) is 35.9 Å². The lowest BCUT2D eigenvalue weighted by molar-refractivity contribution is -0.139. The number of aliphatic hydroxyl groups excluding tert-OH is 1. The number of ketones is 1. The standard InChI is InChI=1S/C26H25N5O3/c1-17-7-9-19(10-8-17)23-21(24(32)22-18(2)28-20-6-3-4-13-30(20)22)25(33)26(34)31(23)14-5-12-29-15-11-27-16-29/h3-4,6-11,13,15-16,23,32H,5,12,14H2,1-2H3/b24-21+/t23-/m0/s1. The molecule has 0 unspecified atom stereocenters. The zero-order valence-electron chi connectivity index (χ0n) is 19.0. The Morgan fingerprint density at radius 2 is 1.82 bits per heavy atom. The number of hydrogen-bond acceptors (Lipinski definition) is 5. The normalized spacial score (nSPS) is 17.7. The van der Waals surface area contributed by atoms with Crippen LogP contribution in [-0.2, 0) is 16.1 Å². The molecule has 8 nitrogen and oxygen atoms in total. The second-order valence-electron chi connectivity index (χ2n) is 8.53. The molecule has 0 bridgehead atoms. The third kappa shape index (κ3) is 3.67. The fraction of sp³-hybridized carbons (Fsp3) is 0.231. The van der Waals surface area contributed by atoms with Crippen LogP contribution in [0.3, 0.4) is 0 Å². The number of likely N-dealkylation sites (tertiary alicyclic amines) is 1. The summed E-state index contributed by atoms with van der Waals surface area (Å²) in [6.45, 7) is 4.79. The number of Topliss-reactive ketones (excluding diaryl/α,β-unsaturated/α-hetero) is 1. The summed E-state index contributed by atoms with van der Waals surface area (Å²) < 4.78 is 3.67. The highest BCUT2D eigenvalue weighted by Crippen LogP contribution is 2.40. The molecule has 1 aromatic carbocycles. The quantitative estimate of drug-likeness (QED) is 0.272. The molecule has 1 amide bonds. The maximum Gasteiger partial charge on any atom is 0.295 e. The summed E-state index contributed by atoms with van der Waals surface area (Å²) >= 11 is 0. The van der Waals surface area contributed by atoms with Gasteiger partial charge in [0, 0.05) is 31.7 Å². The number of amides is 1. The van der Waals surface area contributed by atoms with Crippen LogP contribution in [0.1, 0.15) is 35.0 Å². The van der Waals surface area contributed by atoms with E-state index in [4.69, 9.17) is 0 Å². The minimum Gasteiger partial charge on any atom is -0.505 e. The third-order valence-electron chi connectivity index (χ3n) is 6.24. The van der Waals surface area contributed by atoms with Gasteiger partial charge in [0.25, 0.3) is 11.7 Å². The van der Waals surface area contributed by atoms with E-state index in [0.29, 0.717) is 36.5 Å². The van der Waals surface area contributed by atoms with Gasteiger partial charge < -0.3 is 14.6 Å². The van der Waals surface area contributed by atoms with Crippen molar-refractivity contribution in [3.05, 3.63) is 95.5 Å². The molecule has 1 aliphatic rings. The van der Waals surface area contributed by atoms with Crippen LogP contribution in [-0.4, -0.2) is 47.2 Å². The molecule has 1 saturated heterocycles. The molecule has 1 N–H and O–H groups in total. The van der Waals surface area contributed by atoms with Gasteiger partial charge in [0.1, 0.15) is 11.3 Å². The van der Waals surface area contributed by atoms with E-state index in [1.54, 1.807) is 34.9 Å². The average molecular weight is 456 g/mol. The summed E-state index contributed by atoms with van der Waals surface area (Å²) in [7, 11) is 0. The van der Waals surface area contributed by atoms with Crippen molar-refractivity contribution in [1.82, 2.24) is 23.8 Å². The number of pyridine rings is 1. The number of aromatic nitrogens is 4. The van der Waals surface area contributed by atoms with E-state index in [2.05, 4.69) is 9.97 Å². The minimum atomic E-state index is -0.684. The van der Waals surface area contributed by atoms with Crippen LogP contribution in [0.15, 0.2) is 73.0 Å². The lowest BCUT2D eigenvalue weighted by atomic mass is 9.95.